The van der Waals surface area contributed by atoms with Gasteiger partial charge in [0, 0.05) is 24.1 Å². The Balaban J connectivity index is 2.43. The van der Waals surface area contributed by atoms with Crippen molar-refractivity contribution in [3.63, 3.8) is 0 Å². The average molecular weight is 619 g/mol. The Morgan fingerprint density at radius 2 is 1.42 bits per heavy atom. The molecule has 1 aliphatic carbocycles. The van der Waals surface area contributed by atoms with Crippen LogP contribution in [0.15, 0.2) is 80.6 Å². The van der Waals surface area contributed by atoms with Gasteiger partial charge in [-0.05, 0) is 64.6 Å². The van der Waals surface area contributed by atoms with Gasteiger partial charge in [0.2, 0.25) is 0 Å². The second-order valence-corrected chi connectivity index (χ2v) is 19.9. The number of sulfonamides is 1. The van der Waals surface area contributed by atoms with E-state index < -0.39 is 30.0 Å². The first-order valence-corrected chi connectivity index (χ1v) is 17.6. The third-order valence-corrected chi connectivity index (χ3v) is 17.3. The molecule has 8 heteroatoms. The summed E-state index contributed by atoms with van der Waals surface area (Å²) < 4.78 is 36.5. The van der Waals surface area contributed by atoms with Crippen molar-refractivity contribution in [2.45, 2.75) is 82.8 Å². The molecule has 1 unspecified atom stereocenters. The minimum absolute atomic E-state index is 0.235. The number of ether oxygens (including phenoxy) is 1. The summed E-state index contributed by atoms with van der Waals surface area (Å²) in [6.07, 6.45) is 2.00. The van der Waals surface area contributed by atoms with Crippen molar-refractivity contribution >= 4 is 40.0 Å². The molecule has 206 valence electrons. The molecule has 1 aliphatic rings. The van der Waals surface area contributed by atoms with Crippen LogP contribution >= 0.6 is 15.9 Å². The molecule has 1 atom stereocenters. The number of likely N-dealkylation sites (N-methyl/N-ethyl adjacent to an activating group) is 1. The summed E-state index contributed by atoms with van der Waals surface area (Å²) in [5.74, 6) is -0.473. The number of carbonyl (C=O) groups is 1. The Labute approximate surface area is 238 Å². The summed E-state index contributed by atoms with van der Waals surface area (Å²) in [4.78, 5) is 12.5. The maximum absolute atomic E-state index is 14.1. The summed E-state index contributed by atoms with van der Waals surface area (Å²) in [5, 5.41) is 1.04. The number of esters is 1. The molecule has 0 amide bonds. The first-order chi connectivity index (χ1) is 17.6. The van der Waals surface area contributed by atoms with Crippen LogP contribution in [0, 0.1) is 6.92 Å². The Morgan fingerprint density at radius 3 is 1.87 bits per heavy atom. The van der Waals surface area contributed by atoms with Crippen LogP contribution < -0.4 is 0 Å². The lowest BCUT2D eigenvalue weighted by Gasteiger charge is -2.45. The number of aryl methyl sites for hydroxylation is 1. The van der Waals surface area contributed by atoms with Crippen molar-refractivity contribution < 1.29 is 17.9 Å². The molecular weight excluding hydrogens is 578 g/mol. The van der Waals surface area contributed by atoms with Crippen LogP contribution in [0.5, 0.6) is 0 Å². The highest BCUT2D eigenvalue weighted by molar-refractivity contribution is 9.10. The first-order valence-electron chi connectivity index (χ1n) is 13.1. The summed E-state index contributed by atoms with van der Waals surface area (Å²) >= 11 is 3.51. The molecule has 0 aromatic heterocycles. The molecule has 0 N–H and O–H groups in total. The normalized spacial score (nSPS) is 16.4. The van der Waals surface area contributed by atoms with E-state index in [1.54, 1.807) is 19.2 Å². The molecule has 2 aromatic carbocycles. The lowest BCUT2D eigenvalue weighted by atomic mass is 9.96. The van der Waals surface area contributed by atoms with Gasteiger partial charge in [-0.15, -0.1) is 0 Å². The minimum Gasteiger partial charge on any atom is -0.430 e. The van der Waals surface area contributed by atoms with Gasteiger partial charge >= 0.3 is 5.97 Å². The molecule has 0 radical (unpaired) electrons. The van der Waals surface area contributed by atoms with Gasteiger partial charge < -0.3 is 4.74 Å². The average Bonchev–Trinajstić information content (AvgIpc) is 3.17. The van der Waals surface area contributed by atoms with Crippen LogP contribution in [-0.4, -0.2) is 33.8 Å². The zero-order valence-corrected chi connectivity index (χ0v) is 27.3. The fourth-order valence-electron chi connectivity index (χ4n) is 6.45. The molecule has 5 nitrogen and oxygen atoms in total. The molecule has 2 aromatic rings. The maximum atomic E-state index is 14.1. The summed E-state index contributed by atoms with van der Waals surface area (Å²) in [6, 6.07) is 14.7. The summed E-state index contributed by atoms with van der Waals surface area (Å²) in [6.45, 7) is 16.8. The van der Waals surface area contributed by atoms with Gasteiger partial charge in [-0.2, -0.15) is 0 Å². The fourth-order valence-corrected chi connectivity index (χ4v) is 15.1. The van der Waals surface area contributed by atoms with Gasteiger partial charge in [0.1, 0.15) is 5.76 Å². The van der Waals surface area contributed by atoms with E-state index in [1.165, 1.54) is 11.2 Å². The van der Waals surface area contributed by atoms with Crippen molar-refractivity contribution in [1.29, 1.82) is 0 Å². The van der Waals surface area contributed by atoms with E-state index in [0.717, 1.165) is 20.8 Å². The second-order valence-electron chi connectivity index (χ2n) is 11.1. The number of carbonyl (C=O) groups excluding carboxylic acids is 1. The van der Waals surface area contributed by atoms with Crippen LogP contribution in [0.1, 0.15) is 65.5 Å². The van der Waals surface area contributed by atoms with E-state index in [-0.39, 0.29) is 4.90 Å². The predicted octanol–water partition coefficient (Wildman–Crippen LogP) is 8.09. The highest BCUT2D eigenvalue weighted by Crippen LogP contribution is 2.54. The van der Waals surface area contributed by atoms with Crippen LogP contribution in [0.4, 0.5) is 0 Å². The van der Waals surface area contributed by atoms with Crippen molar-refractivity contribution in [2.24, 2.45) is 0 Å². The fraction of sp³-hybridized carbons (Fsp3) is 0.433. The minimum atomic E-state index is -3.90. The number of halogens is 1. The molecule has 0 spiro atoms. The maximum Gasteiger partial charge on any atom is 0.307 e. The molecule has 0 saturated heterocycles. The first kappa shape index (κ1) is 30.4. The lowest BCUT2D eigenvalue weighted by molar-refractivity contribution is -0.137. The third kappa shape index (κ3) is 5.45. The Hall–Kier alpha value is -2.16. The van der Waals surface area contributed by atoms with Crippen LogP contribution in [0.3, 0.4) is 0 Å². The summed E-state index contributed by atoms with van der Waals surface area (Å²) in [5.41, 5.74) is 3.51. The highest BCUT2D eigenvalue weighted by atomic mass is 79.9. The largest absolute Gasteiger partial charge is 0.430 e. The Kier molecular flexibility index (Phi) is 9.21. The van der Waals surface area contributed by atoms with Gasteiger partial charge in [-0.3, -0.25) is 9.10 Å². The number of allylic oxidation sites excluding steroid dienone is 2. The summed E-state index contributed by atoms with van der Waals surface area (Å²) in [7, 11) is -4.65. The smallest absolute Gasteiger partial charge is 0.307 e. The quantitative estimate of drug-likeness (QED) is 0.211. The highest BCUT2D eigenvalue weighted by Gasteiger charge is 2.51. The zero-order chi connectivity index (χ0) is 28.6. The number of benzene rings is 2. The molecule has 0 fully saturated rings. The lowest BCUT2D eigenvalue weighted by Crippen LogP contribution is -2.48. The number of hydrogen-bond donors (Lipinski definition) is 0. The van der Waals surface area contributed by atoms with Crippen molar-refractivity contribution in [3.05, 3.63) is 86.9 Å². The third-order valence-electron chi connectivity index (χ3n) is 7.94. The van der Waals surface area contributed by atoms with E-state index >= 15 is 0 Å². The topological polar surface area (TPSA) is 63.7 Å². The predicted molar refractivity (Wildman–Crippen MR) is 161 cm³/mol. The van der Waals surface area contributed by atoms with E-state index in [1.807, 2.05) is 49.4 Å². The molecule has 38 heavy (non-hydrogen) atoms. The number of nitrogens with zero attached hydrogens (tertiary/aromatic N) is 1. The monoisotopic (exact) mass is 617 g/mol. The molecule has 0 bridgehead atoms. The van der Waals surface area contributed by atoms with Crippen LogP contribution in [0.2, 0.25) is 16.6 Å². The molecule has 0 heterocycles. The Morgan fingerprint density at radius 1 is 0.921 bits per heavy atom. The van der Waals surface area contributed by atoms with Crippen molar-refractivity contribution in [2.75, 3.05) is 7.05 Å². The van der Waals surface area contributed by atoms with E-state index in [2.05, 4.69) is 57.5 Å². The second kappa shape index (κ2) is 11.5. The van der Waals surface area contributed by atoms with Gasteiger partial charge in [0.05, 0.1) is 18.9 Å². The van der Waals surface area contributed by atoms with E-state index in [0.29, 0.717) is 28.1 Å². The molecule has 3 rings (SSSR count). The van der Waals surface area contributed by atoms with E-state index in [4.69, 9.17) is 4.74 Å². The SMILES string of the molecule is CC(=O)OC1=CC([Si](C(C)C)(C(C)C)C(C)C)=C(N(C)S(=O)(=O)c2ccc(C)cc2)C1c1ccc(Br)cc1. The zero-order valence-electron chi connectivity index (χ0n) is 23.9. The van der Waals surface area contributed by atoms with Crippen molar-refractivity contribution in [3.8, 4) is 0 Å². The van der Waals surface area contributed by atoms with Crippen LogP contribution in [-0.2, 0) is 19.6 Å². The van der Waals surface area contributed by atoms with E-state index in [9.17, 15) is 13.2 Å². The van der Waals surface area contributed by atoms with Crippen molar-refractivity contribution in [1.82, 2.24) is 4.31 Å². The number of hydrogen-bond acceptors (Lipinski definition) is 4. The van der Waals surface area contributed by atoms with Crippen LogP contribution in [0.25, 0.3) is 0 Å². The molecule has 0 aliphatic heterocycles. The van der Waals surface area contributed by atoms with Gasteiger partial charge in [-0.1, -0.05) is 87.3 Å². The van der Waals surface area contributed by atoms with Gasteiger partial charge in [0.25, 0.3) is 10.0 Å². The molecule has 0 saturated carbocycles. The standard InChI is InChI=1S/C30H40BrNO4SSi/c1-19(2)38(20(3)4,21(5)6)28-18-27(36-23(8)33)29(24-12-14-25(31)15-13-24)30(28)32(9)37(34,35)26-16-10-22(7)11-17-26/h10-21,29H,1-9H3. The number of rotatable bonds is 9. The Bertz CT molecular complexity index is 1320. The molecular formula is C30H40BrNO4SSi. The van der Waals surface area contributed by atoms with Gasteiger partial charge in [0.15, 0.2) is 0 Å². The van der Waals surface area contributed by atoms with Gasteiger partial charge in [-0.25, -0.2) is 8.42 Å².